The van der Waals surface area contributed by atoms with Crippen LogP contribution in [-0.2, 0) is 11.2 Å². The average Bonchev–Trinajstić information content (AvgIpc) is 2.88. The number of nitrogen functional groups attached to an aromatic ring is 1. The number of hydrogen-bond donors (Lipinski definition) is 1. The molecule has 0 unspecified atom stereocenters. The van der Waals surface area contributed by atoms with Gasteiger partial charge in [0.15, 0.2) is 5.82 Å². The lowest BCUT2D eigenvalue weighted by Gasteiger charge is -2.04. The van der Waals surface area contributed by atoms with Gasteiger partial charge in [-0.15, -0.1) is 0 Å². The minimum Gasteiger partial charge on any atom is -0.495 e. The lowest BCUT2D eigenvalue weighted by atomic mass is 10.2. The molecule has 0 aliphatic carbocycles. The first-order chi connectivity index (χ1) is 9.24. The van der Waals surface area contributed by atoms with Gasteiger partial charge in [-0.05, 0) is 25.1 Å². The topological polar surface area (TPSA) is 83.4 Å². The third kappa shape index (κ3) is 3.23. The molecule has 0 aliphatic rings. The fraction of sp³-hybridized carbons (Fsp3) is 0.385. The lowest BCUT2D eigenvalue weighted by Crippen LogP contribution is -1.99. The van der Waals surface area contributed by atoms with Crippen molar-refractivity contribution in [2.24, 2.45) is 0 Å². The highest BCUT2D eigenvalue weighted by Crippen LogP contribution is 2.27. The Balaban J connectivity index is 2.11. The number of nitrogens with zero attached hydrogens (tertiary/aromatic N) is 2. The van der Waals surface area contributed by atoms with Crippen LogP contribution < -0.4 is 10.5 Å². The third-order valence-corrected chi connectivity index (χ3v) is 2.62. The van der Waals surface area contributed by atoms with Gasteiger partial charge in [-0.25, -0.2) is 0 Å². The molecule has 0 spiro atoms. The zero-order chi connectivity index (χ0) is 13.7. The van der Waals surface area contributed by atoms with E-state index < -0.39 is 0 Å². The summed E-state index contributed by atoms with van der Waals surface area (Å²) in [6, 6.07) is 5.35. The zero-order valence-electron chi connectivity index (χ0n) is 11.0. The Morgan fingerprint density at radius 2 is 2.21 bits per heavy atom. The minimum atomic E-state index is 0.445. The van der Waals surface area contributed by atoms with Gasteiger partial charge in [-0.1, -0.05) is 5.16 Å². The average molecular weight is 263 g/mol. The van der Waals surface area contributed by atoms with E-state index in [2.05, 4.69) is 10.1 Å². The van der Waals surface area contributed by atoms with Gasteiger partial charge < -0.3 is 19.7 Å². The molecule has 1 heterocycles. The van der Waals surface area contributed by atoms with Gasteiger partial charge in [0.05, 0.1) is 19.4 Å². The molecule has 1 aromatic heterocycles. The molecular weight excluding hydrogens is 246 g/mol. The summed E-state index contributed by atoms with van der Waals surface area (Å²) >= 11 is 0. The van der Waals surface area contributed by atoms with Crippen LogP contribution in [0.5, 0.6) is 5.75 Å². The van der Waals surface area contributed by atoms with E-state index >= 15 is 0 Å². The largest absolute Gasteiger partial charge is 0.495 e. The number of methoxy groups -OCH3 is 1. The molecule has 6 heteroatoms. The van der Waals surface area contributed by atoms with Crippen LogP contribution in [0.15, 0.2) is 22.7 Å². The van der Waals surface area contributed by atoms with Crippen molar-refractivity contribution in [3.05, 3.63) is 24.0 Å². The molecule has 102 valence electrons. The smallest absolute Gasteiger partial charge is 0.258 e. The standard InChI is InChI=1S/C13H17N3O3/c1-3-18-7-6-12-15-13(19-16-12)9-4-5-11(17-2)10(14)8-9/h4-5,8H,3,6-7,14H2,1-2H3. The van der Waals surface area contributed by atoms with E-state index in [-0.39, 0.29) is 0 Å². The third-order valence-electron chi connectivity index (χ3n) is 2.62. The highest BCUT2D eigenvalue weighted by atomic mass is 16.5. The summed E-state index contributed by atoms with van der Waals surface area (Å²) in [5.41, 5.74) is 7.15. The first-order valence-corrected chi connectivity index (χ1v) is 6.08. The van der Waals surface area contributed by atoms with Crippen LogP contribution >= 0.6 is 0 Å². The van der Waals surface area contributed by atoms with Gasteiger partial charge in [0, 0.05) is 18.6 Å². The summed E-state index contributed by atoms with van der Waals surface area (Å²) < 4.78 is 15.5. The Labute approximate surface area is 111 Å². The molecule has 2 aromatic rings. The molecule has 2 rings (SSSR count). The molecule has 0 atom stereocenters. The van der Waals surface area contributed by atoms with Crippen LogP contribution in [0.25, 0.3) is 11.5 Å². The molecule has 6 nitrogen and oxygen atoms in total. The van der Waals surface area contributed by atoms with Crippen LogP contribution in [0.4, 0.5) is 5.69 Å². The summed E-state index contributed by atoms with van der Waals surface area (Å²) in [5.74, 6) is 1.69. The predicted octanol–water partition coefficient (Wildman–Crippen LogP) is 1.91. The van der Waals surface area contributed by atoms with E-state index in [4.69, 9.17) is 19.7 Å². The Hall–Kier alpha value is -2.08. The molecular formula is C13H17N3O3. The molecule has 1 aromatic carbocycles. The summed E-state index contributed by atoms with van der Waals surface area (Å²) in [6.07, 6.45) is 0.628. The van der Waals surface area contributed by atoms with E-state index in [1.807, 2.05) is 13.0 Å². The van der Waals surface area contributed by atoms with E-state index in [0.717, 1.165) is 5.56 Å². The molecule has 0 aliphatic heterocycles. The zero-order valence-corrected chi connectivity index (χ0v) is 11.0. The van der Waals surface area contributed by atoms with Crippen LogP contribution in [0.2, 0.25) is 0 Å². The van der Waals surface area contributed by atoms with Crippen molar-refractivity contribution in [1.82, 2.24) is 10.1 Å². The van der Waals surface area contributed by atoms with E-state index in [9.17, 15) is 0 Å². The Morgan fingerprint density at radius 3 is 2.89 bits per heavy atom. The van der Waals surface area contributed by atoms with Crippen molar-refractivity contribution < 1.29 is 14.0 Å². The number of anilines is 1. The maximum atomic E-state index is 5.84. The van der Waals surface area contributed by atoms with Gasteiger partial charge in [-0.2, -0.15) is 4.98 Å². The quantitative estimate of drug-likeness (QED) is 0.633. The highest BCUT2D eigenvalue weighted by Gasteiger charge is 2.10. The number of aromatic nitrogens is 2. The second kappa shape index (κ2) is 6.19. The number of rotatable bonds is 6. The summed E-state index contributed by atoms with van der Waals surface area (Å²) in [4.78, 5) is 4.29. The van der Waals surface area contributed by atoms with Crippen LogP contribution in [0.1, 0.15) is 12.7 Å². The second-order valence-electron chi connectivity index (χ2n) is 3.92. The SMILES string of the molecule is CCOCCc1noc(-c2ccc(OC)c(N)c2)n1. The van der Waals surface area contributed by atoms with Crippen molar-refractivity contribution >= 4 is 5.69 Å². The molecule has 2 N–H and O–H groups in total. The number of hydrogen-bond acceptors (Lipinski definition) is 6. The fourth-order valence-electron chi connectivity index (χ4n) is 1.65. The Kier molecular flexibility index (Phi) is 4.35. The Morgan fingerprint density at radius 1 is 1.37 bits per heavy atom. The van der Waals surface area contributed by atoms with E-state index in [1.54, 1.807) is 19.2 Å². The number of benzene rings is 1. The van der Waals surface area contributed by atoms with Gasteiger partial charge >= 0.3 is 0 Å². The number of nitrogens with two attached hydrogens (primary N) is 1. The fourth-order valence-corrected chi connectivity index (χ4v) is 1.65. The van der Waals surface area contributed by atoms with Crippen molar-refractivity contribution in [3.8, 4) is 17.2 Å². The molecule has 0 bridgehead atoms. The molecule has 0 fully saturated rings. The maximum absolute atomic E-state index is 5.84. The maximum Gasteiger partial charge on any atom is 0.258 e. The van der Waals surface area contributed by atoms with Gasteiger partial charge in [0.25, 0.3) is 5.89 Å². The highest BCUT2D eigenvalue weighted by molar-refractivity contribution is 5.65. The first-order valence-electron chi connectivity index (χ1n) is 6.08. The van der Waals surface area contributed by atoms with Crippen LogP contribution in [-0.4, -0.2) is 30.5 Å². The van der Waals surface area contributed by atoms with Gasteiger partial charge in [0.2, 0.25) is 0 Å². The molecule has 0 saturated heterocycles. The van der Waals surface area contributed by atoms with Gasteiger partial charge in [-0.3, -0.25) is 0 Å². The normalized spacial score (nSPS) is 10.6. The van der Waals surface area contributed by atoms with E-state index in [0.29, 0.717) is 42.8 Å². The van der Waals surface area contributed by atoms with Crippen molar-refractivity contribution in [2.75, 3.05) is 26.1 Å². The molecule has 0 amide bonds. The van der Waals surface area contributed by atoms with Crippen molar-refractivity contribution in [2.45, 2.75) is 13.3 Å². The summed E-state index contributed by atoms with van der Waals surface area (Å²) in [5, 5.41) is 3.90. The van der Waals surface area contributed by atoms with E-state index in [1.165, 1.54) is 0 Å². The molecule has 19 heavy (non-hydrogen) atoms. The monoisotopic (exact) mass is 263 g/mol. The predicted molar refractivity (Wildman–Crippen MR) is 70.9 cm³/mol. The molecule has 0 saturated carbocycles. The Bertz CT molecular complexity index is 540. The minimum absolute atomic E-state index is 0.445. The lowest BCUT2D eigenvalue weighted by molar-refractivity contribution is 0.149. The first kappa shape index (κ1) is 13.4. The summed E-state index contributed by atoms with van der Waals surface area (Å²) in [6.45, 7) is 3.21. The van der Waals surface area contributed by atoms with Gasteiger partial charge in [0.1, 0.15) is 5.75 Å². The van der Waals surface area contributed by atoms with Crippen molar-refractivity contribution in [3.63, 3.8) is 0 Å². The second-order valence-corrected chi connectivity index (χ2v) is 3.92. The molecule has 0 radical (unpaired) electrons. The van der Waals surface area contributed by atoms with Crippen molar-refractivity contribution in [1.29, 1.82) is 0 Å². The van der Waals surface area contributed by atoms with Crippen LogP contribution in [0.3, 0.4) is 0 Å². The number of ether oxygens (including phenoxy) is 2. The summed E-state index contributed by atoms with van der Waals surface area (Å²) in [7, 11) is 1.57. The van der Waals surface area contributed by atoms with Crippen LogP contribution in [0, 0.1) is 0 Å².